The number of nitrogens with zero attached hydrogens (tertiary/aromatic N) is 1. The standard InChI is InChI=1S/C25H23NO5S/c1-16-4-10-19(11-5-16)26-22(18-8-12-20(31-3)13-9-18)24(23(27)25(26)28)32(29,30)21-14-6-17(2)7-15-21/h4-15,22,27H,1-3H3/t22-/m1/s1. The van der Waals surface area contributed by atoms with Crippen LogP contribution in [-0.4, -0.2) is 26.5 Å². The monoisotopic (exact) mass is 449 g/mol. The van der Waals surface area contributed by atoms with Crippen LogP contribution in [0.25, 0.3) is 0 Å². The van der Waals surface area contributed by atoms with Crippen LogP contribution in [0.1, 0.15) is 22.7 Å². The molecule has 7 heteroatoms. The molecule has 3 aromatic carbocycles. The topological polar surface area (TPSA) is 83.9 Å². The van der Waals surface area contributed by atoms with E-state index in [1.807, 2.05) is 26.0 Å². The average Bonchev–Trinajstić information content (AvgIpc) is 3.06. The number of ether oxygens (including phenoxy) is 1. The summed E-state index contributed by atoms with van der Waals surface area (Å²) >= 11 is 0. The molecule has 1 heterocycles. The molecular formula is C25H23NO5S. The summed E-state index contributed by atoms with van der Waals surface area (Å²) in [5.41, 5.74) is 2.92. The van der Waals surface area contributed by atoms with Crippen molar-refractivity contribution in [1.29, 1.82) is 0 Å². The summed E-state index contributed by atoms with van der Waals surface area (Å²) in [5.74, 6) is -0.941. The lowest BCUT2D eigenvalue weighted by Crippen LogP contribution is -2.31. The minimum absolute atomic E-state index is 0.0155. The second-order valence-corrected chi connectivity index (χ2v) is 9.63. The number of aryl methyl sites for hydroxylation is 2. The molecule has 0 saturated heterocycles. The lowest BCUT2D eigenvalue weighted by molar-refractivity contribution is -0.117. The van der Waals surface area contributed by atoms with Gasteiger partial charge in [0.1, 0.15) is 16.7 Å². The van der Waals surface area contributed by atoms with E-state index in [-0.39, 0.29) is 9.80 Å². The van der Waals surface area contributed by atoms with Crippen molar-refractivity contribution in [2.75, 3.05) is 12.0 Å². The van der Waals surface area contributed by atoms with Crippen molar-refractivity contribution in [2.45, 2.75) is 24.8 Å². The molecule has 6 nitrogen and oxygen atoms in total. The van der Waals surface area contributed by atoms with E-state index in [0.717, 1.165) is 11.1 Å². The van der Waals surface area contributed by atoms with E-state index in [0.29, 0.717) is 17.0 Å². The summed E-state index contributed by atoms with van der Waals surface area (Å²) in [6.45, 7) is 3.77. The molecule has 0 aromatic heterocycles. The molecule has 32 heavy (non-hydrogen) atoms. The van der Waals surface area contributed by atoms with Gasteiger partial charge in [0.2, 0.25) is 9.84 Å². The van der Waals surface area contributed by atoms with E-state index in [2.05, 4.69) is 0 Å². The molecule has 0 saturated carbocycles. The van der Waals surface area contributed by atoms with E-state index in [9.17, 15) is 18.3 Å². The van der Waals surface area contributed by atoms with Gasteiger partial charge in [-0.05, 0) is 55.8 Å². The number of amides is 1. The van der Waals surface area contributed by atoms with Crippen LogP contribution in [0.15, 0.2) is 88.4 Å². The quantitative estimate of drug-likeness (QED) is 0.613. The molecule has 1 aliphatic rings. The van der Waals surface area contributed by atoms with Gasteiger partial charge in [0.25, 0.3) is 5.91 Å². The van der Waals surface area contributed by atoms with Gasteiger partial charge in [-0.1, -0.05) is 47.5 Å². The zero-order chi connectivity index (χ0) is 23.0. The van der Waals surface area contributed by atoms with Crippen LogP contribution < -0.4 is 9.64 Å². The number of rotatable bonds is 5. The van der Waals surface area contributed by atoms with Crippen molar-refractivity contribution < 1.29 is 23.1 Å². The molecule has 1 N–H and O–H groups in total. The number of benzene rings is 3. The predicted molar refractivity (Wildman–Crippen MR) is 122 cm³/mol. The first-order chi connectivity index (χ1) is 15.2. The van der Waals surface area contributed by atoms with Crippen LogP contribution in [0.4, 0.5) is 5.69 Å². The van der Waals surface area contributed by atoms with Gasteiger partial charge in [-0.25, -0.2) is 8.42 Å². The molecule has 0 bridgehead atoms. The van der Waals surface area contributed by atoms with Crippen molar-refractivity contribution >= 4 is 21.4 Å². The Balaban J connectivity index is 1.92. The highest BCUT2D eigenvalue weighted by Crippen LogP contribution is 2.45. The van der Waals surface area contributed by atoms with Gasteiger partial charge >= 0.3 is 0 Å². The summed E-state index contributed by atoms with van der Waals surface area (Å²) in [7, 11) is -2.63. The summed E-state index contributed by atoms with van der Waals surface area (Å²) in [6, 6.07) is 19.2. The van der Waals surface area contributed by atoms with Crippen LogP contribution in [-0.2, 0) is 14.6 Å². The zero-order valence-electron chi connectivity index (χ0n) is 17.9. The SMILES string of the molecule is COc1ccc([C@@H]2C(S(=O)(=O)c3ccc(C)cc3)=C(O)C(=O)N2c2ccc(C)cc2)cc1. The van der Waals surface area contributed by atoms with Crippen molar-refractivity contribution in [2.24, 2.45) is 0 Å². The third kappa shape index (κ3) is 3.65. The number of aliphatic hydroxyl groups excluding tert-OH is 1. The molecule has 164 valence electrons. The molecule has 1 amide bonds. The largest absolute Gasteiger partial charge is 0.502 e. The van der Waals surface area contributed by atoms with Gasteiger partial charge in [-0.15, -0.1) is 0 Å². The number of aliphatic hydroxyl groups is 1. The minimum Gasteiger partial charge on any atom is -0.502 e. The van der Waals surface area contributed by atoms with Gasteiger partial charge in [-0.2, -0.15) is 0 Å². The summed E-state index contributed by atoms with van der Waals surface area (Å²) < 4.78 is 32.4. The highest BCUT2D eigenvalue weighted by molar-refractivity contribution is 7.95. The molecule has 0 aliphatic carbocycles. The number of methoxy groups -OCH3 is 1. The zero-order valence-corrected chi connectivity index (χ0v) is 18.8. The predicted octanol–water partition coefficient (Wildman–Crippen LogP) is 4.64. The van der Waals surface area contributed by atoms with Gasteiger partial charge < -0.3 is 9.84 Å². The van der Waals surface area contributed by atoms with Gasteiger partial charge in [0, 0.05) is 5.69 Å². The fourth-order valence-corrected chi connectivity index (χ4v) is 5.39. The lowest BCUT2D eigenvalue weighted by atomic mass is 10.1. The van der Waals surface area contributed by atoms with E-state index < -0.39 is 27.5 Å². The molecule has 3 aromatic rings. The second kappa shape index (κ2) is 8.16. The Morgan fingerprint density at radius 1 is 0.844 bits per heavy atom. The van der Waals surface area contributed by atoms with E-state index in [1.54, 1.807) is 48.5 Å². The first-order valence-electron chi connectivity index (χ1n) is 10.0. The highest BCUT2D eigenvalue weighted by atomic mass is 32.2. The molecule has 1 aliphatic heterocycles. The summed E-state index contributed by atoms with van der Waals surface area (Å²) in [4.78, 5) is 14.2. The normalized spacial score (nSPS) is 16.5. The van der Waals surface area contributed by atoms with Gasteiger partial charge in [-0.3, -0.25) is 9.69 Å². The maximum atomic E-state index is 13.6. The fraction of sp³-hybridized carbons (Fsp3) is 0.160. The summed E-state index contributed by atoms with van der Waals surface area (Å²) in [5, 5.41) is 10.8. The average molecular weight is 450 g/mol. The number of anilines is 1. The number of hydrogen-bond donors (Lipinski definition) is 1. The molecule has 4 rings (SSSR count). The van der Waals surface area contributed by atoms with Crippen LogP contribution in [0, 0.1) is 13.8 Å². The van der Waals surface area contributed by atoms with Gasteiger partial charge in [0.15, 0.2) is 5.76 Å². The van der Waals surface area contributed by atoms with E-state index in [1.165, 1.54) is 24.1 Å². The van der Waals surface area contributed by atoms with Crippen LogP contribution in [0.2, 0.25) is 0 Å². The van der Waals surface area contributed by atoms with Crippen molar-refractivity contribution in [1.82, 2.24) is 0 Å². The Kier molecular flexibility index (Phi) is 5.52. The Labute approximate surface area is 187 Å². The summed E-state index contributed by atoms with van der Waals surface area (Å²) in [6.07, 6.45) is 0. The number of sulfone groups is 1. The third-order valence-corrected chi connectivity index (χ3v) is 7.41. The van der Waals surface area contributed by atoms with Crippen LogP contribution >= 0.6 is 0 Å². The Morgan fingerprint density at radius 3 is 1.91 bits per heavy atom. The van der Waals surface area contributed by atoms with Crippen molar-refractivity contribution in [3.63, 3.8) is 0 Å². The smallest absolute Gasteiger partial charge is 0.295 e. The molecule has 0 unspecified atom stereocenters. The fourth-order valence-electron chi connectivity index (χ4n) is 3.76. The van der Waals surface area contributed by atoms with Crippen LogP contribution in [0.5, 0.6) is 5.75 Å². The molecule has 0 radical (unpaired) electrons. The number of carbonyl (C=O) groups excluding carboxylic acids is 1. The first kappa shape index (κ1) is 21.6. The molecule has 1 atom stereocenters. The third-order valence-electron chi connectivity index (χ3n) is 5.53. The molecule has 0 spiro atoms. The lowest BCUT2D eigenvalue weighted by Gasteiger charge is -2.27. The Hall–Kier alpha value is -3.58. The Morgan fingerprint density at radius 2 is 1.38 bits per heavy atom. The Bertz CT molecular complexity index is 1290. The first-order valence-corrected chi connectivity index (χ1v) is 11.5. The maximum Gasteiger partial charge on any atom is 0.295 e. The van der Waals surface area contributed by atoms with E-state index >= 15 is 0 Å². The molecule has 0 fully saturated rings. The molecular weight excluding hydrogens is 426 g/mol. The number of carbonyl (C=O) groups is 1. The van der Waals surface area contributed by atoms with Crippen molar-refractivity contribution in [3.05, 3.63) is 100 Å². The number of hydrogen-bond acceptors (Lipinski definition) is 5. The van der Waals surface area contributed by atoms with Crippen molar-refractivity contribution in [3.8, 4) is 5.75 Å². The highest BCUT2D eigenvalue weighted by Gasteiger charge is 2.47. The second-order valence-electron chi connectivity index (χ2n) is 7.72. The van der Waals surface area contributed by atoms with Gasteiger partial charge in [0.05, 0.1) is 12.0 Å². The maximum absolute atomic E-state index is 13.6. The van der Waals surface area contributed by atoms with Crippen LogP contribution in [0.3, 0.4) is 0 Å². The van der Waals surface area contributed by atoms with E-state index in [4.69, 9.17) is 4.74 Å². The minimum atomic E-state index is -4.16.